The molecule has 0 spiro atoms. The van der Waals surface area contributed by atoms with E-state index in [0.717, 1.165) is 16.7 Å². The number of aliphatic hydroxyl groups excluding tert-OH is 1. The molecule has 0 saturated heterocycles. The molecule has 1 unspecified atom stereocenters. The van der Waals surface area contributed by atoms with Gasteiger partial charge in [0.05, 0.1) is 0 Å². The Hall–Kier alpha value is -0.263. The molecule has 0 amide bonds. The van der Waals surface area contributed by atoms with Crippen molar-refractivity contribution >= 4 is 10.2 Å². The van der Waals surface area contributed by atoms with Crippen molar-refractivity contribution in [2.24, 2.45) is 0 Å². The van der Waals surface area contributed by atoms with Gasteiger partial charge in [-0.05, 0) is 6.42 Å². The Morgan fingerprint density at radius 1 is 1.86 bits per heavy atom. The first-order chi connectivity index (χ1) is 3.27. The van der Waals surface area contributed by atoms with Gasteiger partial charge < -0.3 is 5.11 Å². The molecule has 0 saturated carbocycles. The summed E-state index contributed by atoms with van der Waals surface area (Å²) in [6, 6.07) is 0. The average molecular weight is 114 g/mol. The predicted octanol–water partition coefficient (Wildman–Crippen LogP) is -0.916. The van der Waals surface area contributed by atoms with Gasteiger partial charge in [-0.3, -0.25) is 0 Å². The third-order valence-corrected chi connectivity index (χ3v) is 1.28. The Kier molecular flexibility index (Phi) is 3.76. The minimum Gasteiger partial charge on any atom is -0.398 e. The van der Waals surface area contributed by atoms with Crippen LogP contribution in [0.2, 0.25) is 0 Å². The first kappa shape index (κ1) is 6.74. The largest absolute Gasteiger partial charge is 0.398 e. The molecule has 1 atom stereocenters. The topological polar surface area (TPSA) is 20.2 Å². The van der Waals surface area contributed by atoms with Crippen molar-refractivity contribution in [2.75, 3.05) is 0 Å². The Morgan fingerprint density at radius 3 is 2.57 bits per heavy atom. The van der Waals surface area contributed by atoms with Crippen molar-refractivity contribution in [1.82, 2.24) is 0 Å². The molecule has 0 radical (unpaired) electrons. The van der Waals surface area contributed by atoms with Crippen LogP contribution in [-0.2, 0) is 0 Å². The van der Waals surface area contributed by atoms with E-state index in [4.69, 9.17) is 11.5 Å². The van der Waals surface area contributed by atoms with Crippen molar-refractivity contribution in [1.29, 1.82) is 0 Å². The van der Waals surface area contributed by atoms with E-state index in [1.165, 1.54) is 0 Å². The summed E-state index contributed by atoms with van der Waals surface area (Å²) in [6.07, 6.45) is 6.42. The highest BCUT2D eigenvalue weighted by atomic mass is 28.1. The standard InChI is InChI=1S/C5H10OSi/c1-2-3-4-5(6)7/h1,5-6H,3-4H2,7H3. The van der Waals surface area contributed by atoms with Crippen molar-refractivity contribution in [3.05, 3.63) is 0 Å². The first-order valence-corrected chi connectivity index (χ1v) is 3.54. The number of terminal acetylenes is 1. The Labute approximate surface area is 47.2 Å². The van der Waals surface area contributed by atoms with Gasteiger partial charge in [0.25, 0.3) is 0 Å². The number of hydrogen-bond donors (Lipinski definition) is 1. The highest BCUT2D eigenvalue weighted by Gasteiger charge is 1.89. The summed E-state index contributed by atoms with van der Waals surface area (Å²) < 4.78 is 0. The Balaban J connectivity index is 2.86. The minimum absolute atomic E-state index is 0.101. The van der Waals surface area contributed by atoms with Crippen molar-refractivity contribution in [2.45, 2.75) is 18.6 Å². The lowest BCUT2D eigenvalue weighted by atomic mass is 10.3. The molecule has 0 aromatic rings. The van der Waals surface area contributed by atoms with Crippen LogP contribution in [0.15, 0.2) is 0 Å². The second-order valence-corrected chi connectivity index (χ2v) is 2.92. The zero-order valence-electron chi connectivity index (χ0n) is 4.52. The molecule has 0 aliphatic rings. The molecule has 0 aliphatic heterocycles. The number of hydrogen-bond acceptors (Lipinski definition) is 1. The third-order valence-electron chi connectivity index (χ3n) is 0.706. The maximum Gasteiger partial charge on any atom is 0.0389 e. The van der Waals surface area contributed by atoms with Crippen LogP contribution in [0, 0.1) is 12.3 Å². The van der Waals surface area contributed by atoms with Crippen LogP contribution in [0.25, 0.3) is 0 Å². The second-order valence-electron chi connectivity index (χ2n) is 1.59. The molecule has 0 rings (SSSR count). The van der Waals surface area contributed by atoms with Crippen molar-refractivity contribution in [3.63, 3.8) is 0 Å². The van der Waals surface area contributed by atoms with Crippen LogP contribution < -0.4 is 0 Å². The molecule has 1 nitrogen and oxygen atoms in total. The quantitative estimate of drug-likeness (QED) is 0.364. The predicted molar refractivity (Wildman–Crippen MR) is 34.0 cm³/mol. The van der Waals surface area contributed by atoms with E-state index in [1.807, 2.05) is 0 Å². The second kappa shape index (κ2) is 3.91. The van der Waals surface area contributed by atoms with Crippen LogP contribution in [-0.4, -0.2) is 21.1 Å². The summed E-state index contributed by atoms with van der Waals surface area (Å²) in [5, 5.41) is 8.65. The normalized spacial score (nSPS) is 13.1. The SMILES string of the molecule is C#CCCC(O)[SiH3]. The van der Waals surface area contributed by atoms with Crippen molar-refractivity contribution < 1.29 is 5.11 Å². The molecular formula is C5H10OSi. The molecule has 0 heterocycles. The van der Waals surface area contributed by atoms with E-state index in [-0.39, 0.29) is 5.73 Å². The molecular weight excluding hydrogens is 104 g/mol. The van der Waals surface area contributed by atoms with E-state index in [0.29, 0.717) is 6.42 Å². The molecule has 1 N–H and O–H groups in total. The number of rotatable bonds is 2. The lowest BCUT2D eigenvalue weighted by Crippen LogP contribution is -2.03. The van der Waals surface area contributed by atoms with Crippen LogP contribution in [0.4, 0.5) is 0 Å². The monoisotopic (exact) mass is 114 g/mol. The molecule has 0 aromatic heterocycles. The maximum atomic E-state index is 8.65. The zero-order chi connectivity index (χ0) is 5.70. The van der Waals surface area contributed by atoms with Gasteiger partial charge in [0, 0.05) is 22.4 Å². The fourth-order valence-corrected chi connectivity index (χ4v) is 0.581. The maximum absolute atomic E-state index is 8.65. The minimum atomic E-state index is -0.101. The van der Waals surface area contributed by atoms with Gasteiger partial charge in [0.1, 0.15) is 0 Å². The highest BCUT2D eigenvalue weighted by Crippen LogP contribution is 1.88. The van der Waals surface area contributed by atoms with Gasteiger partial charge >= 0.3 is 0 Å². The van der Waals surface area contributed by atoms with E-state index in [1.54, 1.807) is 0 Å². The number of aliphatic hydroxyl groups is 1. The molecule has 0 fully saturated rings. The average Bonchev–Trinajstić information content (AvgIpc) is 1.61. The van der Waals surface area contributed by atoms with Gasteiger partial charge in [-0.2, -0.15) is 0 Å². The van der Waals surface area contributed by atoms with E-state index >= 15 is 0 Å². The Morgan fingerprint density at radius 2 is 2.43 bits per heavy atom. The zero-order valence-corrected chi connectivity index (χ0v) is 6.52. The van der Waals surface area contributed by atoms with Gasteiger partial charge in [-0.15, -0.1) is 12.3 Å². The summed E-state index contributed by atoms with van der Waals surface area (Å²) in [4.78, 5) is 0. The van der Waals surface area contributed by atoms with Crippen LogP contribution in [0.1, 0.15) is 12.8 Å². The fourth-order valence-electron chi connectivity index (χ4n) is 0.292. The van der Waals surface area contributed by atoms with Gasteiger partial charge in [-0.25, -0.2) is 0 Å². The van der Waals surface area contributed by atoms with Gasteiger partial charge in [0.15, 0.2) is 0 Å². The van der Waals surface area contributed by atoms with E-state index in [2.05, 4.69) is 5.92 Å². The summed E-state index contributed by atoms with van der Waals surface area (Å²) in [7, 11) is 0.843. The van der Waals surface area contributed by atoms with E-state index < -0.39 is 0 Å². The summed E-state index contributed by atoms with van der Waals surface area (Å²) >= 11 is 0. The van der Waals surface area contributed by atoms with E-state index in [9.17, 15) is 0 Å². The Bertz CT molecular complexity index is 72.6. The summed E-state index contributed by atoms with van der Waals surface area (Å²) in [5.41, 5.74) is -0.101. The smallest absolute Gasteiger partial charge is 0.0389 e. The third kappa shape index (κ3) is 5.74. The molecule has 0 aliphatic carbocycles. The molecule has 40 valence electrons. The lowest BCUT2D eigenvalue weighted by molar-refractivity contribution is 0.247. The summed E-state index contributed by atoms with van der Waals surface area (Å²) in [5.74, 6) is 2.46. The molecule has 7 heavy (non-hydrogen) atoms. The van der Waals surface area contributed by atoms with Crippen molar-refractivity contribution in [3.8, 4) is 12.3 Å². The molecule has 0 bridgehead atoms. The lowest BCUT2D eigenvalue weighted by Gasteiger charge is -1.95. The van der Waals surface area contributed by atoms with Crippen LogP contribution in [0.5, 0.6) is 0 Å². The fraction of sp³-hybridized carbons (Fsp3) is 0.600. The van der Waals surface area contributed by atoms with Gasteiger partial charge in [-0.1, -0.05) is 0 Å². The highest BCUT2D eigenvalue weighted by molar-refractivity contribution is 6.10. The summed E-state index contributed by atoms with van der Waals surface area (Å²) in [6.45, 7) is 0. The molecule has 0 aromatic carbocycles. The first-order valence-electron chi connectivity index (χ1n) is 2.39. The van der Waals surface area contributed by atoms with Gasteiger partial charge in [0.2, 0.25) is 0 Å². The molecule has 2 heteroatoms. The van der Waals surface area contributed by atoms with Crippen LogP contribution in [0.3, 0.4) is 0 Å². The van der Waals surface area contributed by atoms with Crippen LogP contribution >= 0.6 is 0 Å².